The molecule has 0 radical (unpaired) electrons. The fraction of sp³-hybridized carbons (Fsp3) is 0.867. The highest BCUT2D eigenvalue weighted by molar-refractivity contribution is 5.77. The summed E-state index contributed by atoms with van der Waals surface area (Å²) in [5.41, 5.74) is 0. The number of likely N-dealkylation sites (N-methyl/N-ethyl adjacent to an activating group) is 1. The van der Waals surface area contributed by atoms with Gasteiger partial charge in [0, 0.05) is 45.7 Å². The zero-order valence-electron chi connectivity index (χ0n) is 13.2. The number of carbonyl (C=O) groups excluding carboxylic acids is 2. The van der Waals surface area contributed by atoms with Crippen molar-refractivity contribution in [3.63, 3.8) is 0 Å². The Morgan fingerprint density at radius 1 is 0.952 bits per heavy atom. The van der Waals surface area contributed by atoms with Crippen molar-refractivity contribution in [3.8, 4) is 0 Å². The predicted molar refractivity (Wildman–Crippen MR) is 79.9 cm³/mol. The fourth-order valence-corrected chi connectivity index (χ4v) is 2.83. The third-order valence-corrected chi connectivity index (χ3v) is 4.40. The van der Waals surface area contributed by atoms with Crippen molar-refractivity contribution in [1.29, 1.82) is 0 Å². The van der Waals surface area contributed by atoms with E-state index in [0.29, 0.717) is 6.42 Å². The zero-order chi connectivity index (χ0) is 15.2. The SMILES string of the molecule is CCC(=O)N1CCC(OCC(=O)N2CCN(C)CC2)CC1. The molecule has 2 aliphatic rings. The summed E-state index contributed by atoms with van der Waals surface area (Å²) in [5.74, 6) is 0.303. The third-order valence-electron chi connectivity index (χ3n) is 4.40. The normalized spacial score (nSPS) is 21.6. The quantitative estimate of drug-likeness (QED) is 0.743. The van der Waals surface area contributed by atoms with E-state index in [4.69, 9.17) is 4.74 Å². The Bertz CT molecular complexity index is 359. The summed E-state index contributed by atoms with van der Waals surface area (Å²) >= 11 is 0. The minimum absolute atomic E-state index is 0.0927. The summed E-state index contributed by atoms with van der Waals surface area (Å²) in [5, 5.41) is 0. The van der Waals surface area contributed by atoms with Gasteiger partial charge in [-0.1, -0.05) is 6.92 Å². The van der Waals surface area contributed by atoms with Gasteiger partial charge in [-0.05, 0) is 19.9 Å². The first-order valence-electron chi connectivity index (χ1n) is 7.96. The number of amides is 2. The number of likely N-dealkylation sites (tertiary alicyclic amines) is 1. The smallest absolute Gasteiger partial charge is 0.248 e. The average Bonchev–Trinajstić information content (AvgIpc) is 2.53. The number of piperazine rings is 1. The van der Waals surface area contributed by atoms with Crippen LogP contribution in [0, 0.1) is 0 Å². The van der Waals surface area contributed by atoms with Crippen molar-refractivity contribution >= 4 is 11.8 Å². The minimum Gasteiger partial charge on any atom is -0.368 e. The Kier molecular flexibility index (Phi) is 5.99. The van der Waals surface area contributed by atoms with Gasteiger partial charge in [-0.25, -0.2) is 0 Å². The minimum atomic E-state index is 0.0927. The van der Waals surface area contributed by atoms with E-state index >= 15 is 0 Å². The summed E-state index contributed by atoms with van der Waals surface area (Å²) in [6.45, 7) is 7.02. The molecule has 2 saturated heterocycles. The maximum absolute atomic E-state index is 12.1. The Morgan fingerprint density at radius 2 is 1.52 bits per heavy atom. The Morgan fingerprint density at radius 3 is 2.10 bits per heavy atom. The van der Waals surface area contributed by atoms with Gasteiger partial charge in [0.25, 0.3) is 0 Å². The topological polar surface area (TPSA) is 53.1 Å². The van der Waals surface area contributed by atoms with Gasteiger partial charge in [-0.15, -0.1) is 0 Å². The van der Waals surface area contributed by atoms with Crippen molar-refractivity contribution in [1.82, 2.24) is 14.7 Å². The number of hydrogen-bond acceptors (Lipinski definition) is 4. The molecule has 0 N–H and O–H groups in total. The van der Waals surface area contributed by atoms with Crippen LogP contribution in [0.3, 0.4) is 0 Å². The number of hydrogen-bond donors (Lipinski definition) is 0. The highest BCUT2D eigenvalue weighted by atomic mass is 16.5. The van der Waals surface area contributed by atoms with Crippen LogP contribution in [-0.2, 0) is 14.3 Å². The lowest BCUT2D eigenvalue weighted by atomic mass is 10.1. The van der Waals surface area contributed by atoms with Crippen molar-refractivity contribution in [2.24, 2.45) is 0 Å². The molecular formula is C15H27N3O3. The van der Waals surface area contributed by atoms with Gasteiger partial charge in [0.1, 0.15) is 6.61 Å². The molecule has 2 fully saturated rings. The summed E-state index contributed by atoms with van der Waals surface area (Å²) in [6, 6.07) is 0. The maximum Gasteiger partial charge on any atom is 0.248 e. The second kappa shape index (κ2) is 7.75. The maximum atomic E-state index is 12.1. The molecule has 0 atom stereocenters. The lowest BCUT2D eigenvalue weighted by Crippen LogP contribution is -2.48. The summed E-state index contributed by atoms with van der Waals surface area (Å²) in [6.07, 6.45) is 2.35. The van der Waals surface area contributed by atoms with Gasteiger partial charge in [-0.3, -0.25) is 9.59 Å². The van der Waals surface area contributed by atoms with E-state index in [1.807, 2.05) is 16.7 Å². The fourth-order valence-electron chi connectivity index (χ4n) is 2.83. The second-order valence-corrected chi connectivity index (χ2v) is 5.93. The van der Waals surface area contributed by atoms with E-state index in [1.54, 1.807) is 0 Å². The molecule has 0 unspecified atom stereocenters. The molecular weight excluding hydrogens is 270 g/mol. The van der Waals surface area contributed by atoms with Crippen LogP contribution in [0.25, 0.3) is 0 Å². The van der Waals surface area contributed by atoms with Crippen LogP contribution in [0.4, 0.5) is 0 Å². The van der Waals surface area contributed by atoms with E-state index in [0.717, 1.165) is 52.1 Å². The molecule has 2 amide bonds. The van der Waals surface area contributed by atoms with E-state index in [9.17, 15) is 9.59 Å². The van der Waals surface area contributed by atoms with Gasteiger partial charge in [0.15, 0.2) is 0 Å². The van der Waals surface area contributed by atoms with Crippen molar-refractivity contribution in [3.05, 3.63) is 0 Å². The van der Waals surface area contributed by atoms with E-state index in [1.165, 1.54) is 0 Å². The highest BCUT2D eigenvalue weighted by Gasteiger charge is 2.24. The van der Waals surface area contributed by atoms with Gasteiger partial charge in [0.05, 0.1) is 6.10 Å². The number of ether oxygens (including phenoxy) is 1. The molecule has 0 aromatic heterocycles. The summed E-state index contributed by atoms with van der Waals surface area (Å²) in [7, 11) is 2.07. The molecule has 6 heteroatoms. The van der Waals surface area contributed by atoms with Crippen LogP contribution in [-0.4, -0.2) is 85.5 Å². The van der Waals surface area contributed by atoms with E-state index in [2.05, 4.69) is 11.9 Å². The van der Waals surface area contributed by atoms with Crippen molar-refractivity contribution < 1.29 is 14.3 Å². The lowest BCUT2D eigenvalue weighted by molar-refractivity contribution is -0.142. The Hall–Kier alpha value is -1.14. The molecule has 2 rings (SSSR count). The van der Waals surface area contributed by atoms with E-state index in [-0.39, 0.29) is 24.5 Å². The lowest BCUT2D eigenvalue weighted by Gasteiger charge is -2.34. The molecule has 6 nitrogen and oxygen atoms in total. The molecule has 21 heavy (non-hydrogen) atoms. The van der Waals surface area contributed by atoms with Gasteiger partial charge >= 0.3 is 0 Å². The molecule has 0 spiro atoms. The van der Waals surface area contributed by atoms with Crippen LogP contribution >= 0.6 is 0 Å². The van der Waals surface area contributed by atoms with Gasteiger partial charge in [0.2, 0.25) is 11.8 Å². The van der Waals surface area contributed by atoms with Gasteiger partial charge < -0.3 is 19.4 Å². The summed E-state index contributed by atoms with van der Waals surface area (Å²) < 4.78 is 5.74. The molecule has 0 aliphatic carbocycles. The zero-order valence-corrected chi connectivity index (χ0v) is 13.2. The van der Waals surface area contributed by atoms with Crippen LogP contribution in [0.2, 0.25) is 0 Å². The largest absolute Gasteiger partial charge is 0.368 e. The number of piperidine rings is 1. The van der Waals surface area contributed by atoms with Crippen molar-refractivity contribution in [2.45, 2.75) is 32.3 Å². The first-order chi connectivity index (χ1) is 10.1. The summed E-state index contributed by atoms with van der Waals surface area (Å²) in [4.78, 5) is 29.7. The molecule has 2 heterocycles. The van der Waals surface area contributed by atoms with Crippen molar-refractivity contribution in [2.75, 3.05) is 52.9 Å². The molecule has 0 aromatic rings. The number of rotatable bonds is 4. The second-order valence-electron chi connectivity index (χ2n) is 5.93. The molecule has 0 aromatic carbocycles. The highest BCUT2D eigenvalue weighted by Crippen LogP contribution is 2.14. The van der Waals surface area contributed by atoms with Crippen LogP contribution in [0.1, 0.15) is 26.2 Å². The van der Waals surface area contributed by atoms with E-state index < -0.39 is 0 Å². The van der Waals surface area contributed by atoms with Crippen LogP contribution in [0.15, 0.2) is 0 Å². The number of carbonyl (C=O) groups is 2. The Labute approximate surface area is 127 Å². The molecule has 0 bridgehead atoms. The Balaban J connectivity index is 1.65. The third kappa shape index (κ3) is 4.68. The van der Waals surface area contributed by atoms with Crippen LogP contribution < -0.4 is 0 Å². The number of nitrogens with zero attached hydrogens (tertiary/aromatic N) is 3. The predicted octanol–water partition coefficient (Wildman–Crippen LogP) is 0.178. The monoisotopic (exact) mass is 297 g/mol. The van der Waals surface area contributed by atoms with Gasteiger partial charge in [-0.2, -0.15) is 0 Å². The molecule has 2 aliphatic heterocycles. The van der Waals surface area contributed by atoms with Crippen LogP contribution in [0.5, 0.6) is 0 Å². The molecule has 0 saturated carbocycles. The molecule has 120 valence electrons. The standard InChI is InChI=1S/C15H27N3O3/c1-3-14(19)17-6-4-13(5-7-17)21-12-15(20)18-10-8-16(2)9-11-18/h13H,3-12H2,1-2H3. The average molecular weight is 297 g/mol. The first-order valence-corrected chi connectivity index (χ1v) is 7.96. The first kappa shape index (κ1) is 16.2.